The molecule has 16 heavy (non-hydrogen) atoms. The lowest BCUT2D eigenvalue weighted by Gasteiger charge is -2.07. The Kier molecular flexibility index (Phi) is 3.05. The highest BCUT2D eigenvalue weighted by Crippen LogP contribution is 2.13. The average molecular weight is 220 g/mol. The number of pyridine rings is 1. The van der Waals surface area contributed by atoms with E-state index in [1.165, 1.54) is 0 Å². The van der Waals surface area contributed by atoms with Crippen molar-refractivity contribution in [2.75, 3.05) is 27.7 Å². The predicted molar refractivity (Wildman–Crippen MR) is 61.8 cm³/mol. The number of aromatic nitrogens is 3. The zero-order chi connectivity index (χ0) is 11.5. The molecule has 0 saturated heterocycles. The SMILES string of the molecule is COc1ccn2c(CCN(C)C)nnc2c1. The van der Waals surface area contributed by atoms with Gasteiger partial charge >= 0.3 is 0 Å². The lowest BCUT2D eigenvalue weighted by atomic mass is 10.3. The van der Waals surface area contributed by atoms with Gasteiger partial charge in [-0.05, 0) is 20.2 Å². The van der Waals surface area contributed by atoms with Crippen LogP contribution in [0.2, 0.25) is 0 Å². The Morgan fingerprint density at radius 2 is 2.19 bits per heavy atom. The molecule has 0 radical (unpaired) electrons. The van der Waals surface area contributed by atoms with Gasteiger partial charge in [0, 0.05) is 25.2 Å². The summed E-state index contributed by atoms with van der Waals surface area (Å²) < 4.78 is 7.13. The summed E-state index contributed by atoms with van der Waals surface area (Å²) in [7, 11) is 5.74. The van der Waals surface area contributed by atoms with Crippen LogP contribution in [-0.2, 0) is 6.42 Å². The minimum absolute atomic E-state index is 0.805. The molecule has 0 amide bonds. The number of methoxy groups -OCH3 is 1. The molecule has 86 valence electrons. The summed E-state index contributed by atoms with van der Waals surface area (Å²) in [5.74, 6) is 1.78. The maximum Gasteiger partial charge on any atom is 0.164 e. The third-order valence-electron chi connectivity index (χ3n) is 2.47. The molecule has 2 aromatic heterocycles. The second kappa shape index (κ2) is 4.49. The minimum Gasteiger partial charge on any atom is -0.497 e. The molecule has 0 unspecified atom stereocenters. The molecular formula is C11H16N4O. The fourth-order valence-corrected chi connectivity index (χ4v) is 1.54. The van der Waals surface area contributed by atoms with Crippen molar-refractivity contribution in [2.45, 2.75) is 6.42 Å². The van der Waals surface area contributed by atoms with E-state index in [9.17, 15) is 0 Å². The van der Waals surface area contributed by atoms with Crippen LogP contribution in [0.25, 0.3) is 5.65 Å². The smallest absolute Gasteiger partial charge is 0.164 e. The molecule has 0 fully saturated rings. The van der Waals surface area contributed by atoms with Crippen molar-refractivity contribution in [2.24, 2.45) is 0 Å². The fraction of sp³-hybridized carbons (Fsp3) is 0.455. The van der Waals surface area contributed by atoms with E-state index in [2.05, 4.69) is 15.1 Å². The van der Waals surface area contributed by atoms with Crippen LogP contribution in [0.1, 0.15) is 5.82 Å². The van der Waals surface area contributed by atoms with Crippen LogP contribution in [0.4, 0.5) is 0 Å². The molecule has 0 aliphatic rings. The van der Waals surface area contributed by atoms with Crippen LogP contribution in [0, 0.1) is 0 Å². The maximum absolute atomic E-state index is 5.14. The first-order valence-corrected chi connectivity index (χ1v) is 5.23. The van der Waals surface area contributed by atoms with Gasteiger partial charge in [0.2, 0.25) is 0 Å². The highest BCUT2D eigenvalue weighted by molar-refractivity contribution is 5.44. The lowest BCUT2D eigenvalue weighted by molar-refractivity contribution is 0.408. The van der Waals surface area contributed by atoms with E-state index in [0.29, 0.717) is 0 Å². The number of hydrogen-bond donors (Lipinski definition) is 0. The van der Waals surface area contributed by atoms with E-state index < -0.39 is 0 Å². The summed E-state index contributed by atoms with van der Waals surface area (Å²) in [6, 6.07) is 3.79. The Bertz CT molecular complexity index is 478. The highest BCUT2D eigenvalue weighted by Gasteiger charge is 2.06. The molecular weight excluding hydrogens is 204 g/mol. The van der Waals surface area contributed by atoms with Crippen molar-refractivity contribution >= 4 is 5.65 Å². The van der Waals surface area contributed by atoms with Crippen LogP contribution in [-0.4, -0.2) is 47.2 Å². The fourth-order valence-electron chi connectivity index (χ4n) is 1.54. The molecule has 2 aromatic rings. The maximum atomic E-state index is 5.14. The second-order valence-corrected chi connectivity index (χ2v) is 3.96. The zero-order valence-corrected chi connectivity index (χ0v) is 9.84. The van der Waals surface area contributed by atoms with E-state index in [1.807, 2.05) is 36.8 Å². The number of ether oxygens (including phenoxy) is 1. The zero-order valence-electron chi connectivity index (χ0n) is 9.84. The van der Waals surface area contributed by atoms with Gasteiger partial charge in [-0.1, -0.05) is 0 Å². The summed E-state index contributed by atoms with van der Waals surface area (Å²) in [6.45, 7) is 0.965. The van der Waals surface area contributed by atoms with Crippen molar-refractivity contribution < 1.29 is 4.74 Å². The number of fused-ring (bicyclic) bond motifs is 1. The third-order valence-corrected chi connectivity index (χ3v) is 2.47. The number of rotatable bonds is 4. The average Bonchev–Trinajstić information content (AvgIpc) is 2.68. The molecule has 0 atom stereocenters. The largest absolute Gasteiger partial charge is 0.497 e. The van der Waals surface area contributed by atoms with Gasteiger partial charge in [-0.25, -0.2) is 0 Å². The van der Waals surface area contributed by atoms with Crippen LogP contribution >= 0.6 is 0 Å². The van der Waals surface area contributed by atoms with Crippen LogP contribution < -0.4 is 4.74 Å². The van der Waals surface area contributed by atoms with Crippen LogP contribution in [0.5, 0.6) is 5.75 Å². The van der Waals surface area contributed by atoms with Crippen molar-refractivity contribution in [1.29, 1.82) is 0 Å². The molecule has 2 rings (SSSR count). The molecule has 0 bridgehead atoms. The van der Waals surface area contributed by atoms with Gasteiger partial charge in [0.05, 0.1) is 7.11 Å². The Hall–Kier alpha value is -1.62. The van der Waals surface area contributed by atoms with E-state index in [0.717, 1.165) is 30.2 Å². The van der Waals surface area contributed by atoms with Crippen molar-refractivity contribution in [1.82, 2.24) is 19.5 Å². The Morgan fingerprint density at radius 1 is 1.38 bits per heavy atom. The predicted octanol–water partition coefficient (Wildman–Crippen LogP) is 0.842. The summed E-state index contributed by atoms with van der Waals surface area (Å²) in [4.78, 5) is 2.13. The number of nitrogens with zero attached hydrogens (tertiary/aromatic N) is 4. The second-order valence-electron chi connectivity index (χ2n) is 3.96. The van der Waals surface area contributed by atoms with Gasteiger partial charge in [0.15, 0.2) is 5.65 Å². The van der Waals surface area contributed by atoms with Crippen molar-refractivity contribution in [3.8, 4) is 5.75 Å². The number of likely N-dealkylation sites (N-methyl/N-ethyl adjacent to an activating group) is 1. The monoisotopic (exact) mass is 220 g/mol. The van der Waals surface area contributed by atoms with Crippen LogP contribution in [0.15, 0.2) is 18.3 Å². The van der Waals surface area contributed by atoms with E-state index >= 15 is 0 Å². The first-order chi connectivity index (χ1) is 7.70. The van der Waals surface area contributed by atoms with Gasteiger partial charge in [0.1, 0.15) is 11.6 Å². The molecule has 0 aromatic carbocycles. The first-order valence-electron chi connectivity index (χ1n) is 5.23. The van der Waals surface area contributed by atoms with Crippen LogP contribution in [0.3, 0.4) is 0 Å². The molecule has 5 nitrogen and oxygen atoms in total. The van der Waals surface area contributed by atoms with Gasteiger partial charge in [0.25, 0.3) is 0 Å². The van der Waals surface area contributed by atoms with E-state index in [1.54, 1.807) is 7.11 Å². The van der Waals surface area contributed by atoms with E-state index in [4.69, 9.17) is 4.74 Å². The summed E-state index contributed by atoms with van der Waals surface area (Å²) >= 11 is 0. The Morgan fingerprint density at radius 3 is 2.88 bits per heavy atom. The Balaban J connectivity index is 2.27. The highest BCUT2D eigenvalue weighted by atomic mass is 16.5. The van der Waals surface area contributed by atoms with E-state index in [-0.39, 0.29) is 0 Å². The summed E-state index contributed by atoms with van der Waals surface area (Å²) in [5.41, 5.74) is 0.827. The lowest BCUT2D eigenvalue weighted by Crippen LogP contribution is -2.16. The normalized spacial score (nSPS) is 11.2. The molecule has 0 saturated carbocycles. The van der Waals surface area contributed by atoms with Gasteiger partial charge in [-0.15, -0.1) is 10.2 Å². The molecule has 0 aliphatic carbocycles. The number of hydrogen-bond acceptors (Lipinski definition) is 4. The van der Waals surface area contributed by atoms with Gasteiger partial charge < -0.3 is 9.64 Å². The van der Waals surface area contributed by atoms with Gasteiger partial charge in [-0.3, -0.25) is 4.40 Å². The van der Waals surface area contributed by atoms with Crippen molar-refractivity contribution in [3.05, 3.63) is 24.2 Å². The Labute approximate surface area is 94.7 Å². The standard InChI is InChI=1S/C11H16N4O/c1-14(2)6-5-10-12-13-11-8-9(16-3)4-7-15(10)11/h4,7-8H,5-6H2,1-3H3. The topological polar surface area (TPSA) is 42.7 Å². The third kappa shape index (κ3) is 2.14. The first kappa shape index (κ1) is 10.9. The van der Waals surface area contributed by atoms with Gasteiger partial charge in [-0.2, -0.15) is 0 Å². The molecule has 5 heteroatoms. The molecule has 2 heterocycles. The quantitative estimate of drug-likeness (QED) is 0.766. The minimum atomic E-state index is 0.805. The summed E-state index contributed by atoms with van der Waals surface area (Å²) in [5, 5.41) is 8.29. The summed E-state index contributed by atoms with van der Waals surface area (Å²) in [6.07, 6.45) is 2.83. The van der Waals surface area contributed by atoms with Crippen molar-refractivity contribution in [3.63, 3.8) is 0 Å². The molecule has 0 spiro atoms. The molecule has 0 aliphatic heterocycles. The molecule has 0 N–H and O–H groups in total.